The minimum atomic E-state index is -0.565. The highest BCUT2D eigenvalue weighted by Gasteiger charge is 2.20. The molecule has 0 aliphatic carbocycles. The van der Waals surface area contributed by atoms with Crippen molar-refractivity contribution in [2.45, 2.75) is 53.2 Å². The van der Waals surface area contributed by atoms with E-state index >= 15 is 0 Å². The standard InChI is InChI=1S/C30H39BO3S3/c1-4-16-28(17-5-1)35-25-13-10-22-32-31(33-23-11-14-26-36-29-18-6-2-7-19-29)34-24-12-15-27-37-30-20-8-3-9-21-30/h1-9,16-21H,10-15,22-27H2. The highest BCUT2D eigenvalue weighted by molar-refractivity contribution is 7.99. The third-order valence-electron chi connectivity index (χ3n) is 5.41. The van der Waals surface area contributed by atoms with Crippen LogP contribution in [0.4, 0.5) is 0 Å². The first kappa shape index (κ1) is 30.2. The maximum absolute atomic E-state index is 5.98. The van der Waals surface area contributed by atoms with E-state index in [1.165, 1.54) is 14.7 Å². The van der Waals surface area contributed by atoms with Gasteiger partial charge in [0, 0.05) is 34.5 Å². The Balaban J connectivity index is 1.26. The Labute approximate surface area is 237 Å². The van der Waals surface area contributed by atoms with Crippen molar-refractivity contribution in [3.8, 4) is 0 Å². The molecule has 0 unspecified atom stereocenters. The molecule has 3 aromatic carbocycles. The zero-order valence-electron chi connectivity index (χ0n) is 21.7. The monoisotopic (exact) mass is 554 g/mol. The minimum Gasteiger partial charge on any atom is -0.386 e. The van der Waals surface area contributed by atoms with Crippen LogP contribution in [0.3, 0.4) is 0 Å². The summed E-state index contributed by atoms with van der Waals surface area (Å²) >= 11 is 5.69. The van der Waals surface area contributed by atoms with Gasteiger partial charge < -0.3 is 14.0 Å². The SMILES string of the molecule is c1ccc(SCCCCOB(OCCCCSc2ccccc2)OCCCCSc2ccccc2)cc1. The topological polar surface area (TPSA) is 27.7 Å². The van der Waals surface area contributed by atoms with E-state index in [9.17, 15) is 0 Å². The number of unbranched alkanes of at least 4 members (excludes halogenated alkanes) is 3. The maximum Gasteiger partial charge on any atom is 0.639 e. The predicted molar refractivity (Wildman–Crippen MR) is 163 cm³/mol. The van der Waals surface area contributed by atoms with Gasteiger partial charge in [-0.25, -0.2) is 0 Å². The fourth-order valence-corrected chi connectivity index (χ4v) is 6.22. The van der Waals surface area contributed by atoms with E-state index in [-0.39, 0.29) is 0 Å². The van der Waals surface area contributed by atoms with Crippen LogP contribution in [0, 0.1) is 0 Å². The highest BCUT2D eigenvalue weighted by atomic mass is 32.2. The molecule has 3 nitrogen and oxygen atoms in total. The molecule has 0 saturated heterocycles. The van der Waals surface area contributed by atoms with E-state index in [2.05, 4.69) is 91.0 Å². The average molecular weight is 555 g/mol. The normalized spacial score (nSPS) is 11.0. The molecule has 0 aromatic heterocycles. The van der Waals surface area contributed by atoms with Crippen molar-refractivity contribution in [2.75, 3.05) is 37.1 Å². The van der Waals surface area contributed by atoms with E-state index in [0.717, 1.165) is 55.8 Å². The number of hydrogen-bond acceptors (Lipinski definition) is 6. The Morgan fingerprint density at radius 2 is 0.703 bits per heavy atom. The molecule has 37 heavy (non-hydrogen) atoms. The van der Waals surface area contributed by atoms with Crippen LogP contribution in [-0.2, 0) is 14.0 Å². The molecule has 0 aliphatic heterocycles. The zero-order valence-corrected chi connectivity index (χ0v) is 24.1. The zero-order chi connectivity index (χ0) is 25.6. The molecule has 0 atom stereocenters. The molecule has 0 N–H and O–H groups in total. The van der Waals surface area contributed by atoms with Gasteiger partial charge in [-0.15, -0.1) is 35.3 Å². The van der Waals surface area contributed by atoms with Crippen LogP contribution in [-0.4, -0.2) is 44.4 Å². The molecule has 0 radical (unpaired) electrons. The Morgan fingerprint density at radius 1 is 0.405 bits per heavy atom. The summed E-state index contributed by atoms with van der Waals surface area (Å²) in [7, 11) is -0.565. The van der Waals surface area contributed by atoms with Gasteiger partial charge in [-0.2, -0.15) is 0 Å². The maximum atomic E-state index is 5.98. The quantitative estimate of drug-likeness (QED) is 0.0743. The van der Waals surface area contributed by atoms with Gasteiger partial charge in [0.25, 0.3) is 0 Å². The third-order valence-corrected chi connectivity index (χ3v) is 8.71. The van der Waals surface area contributed by atoms with Crippen LogP contribution in [0.1, 0.15) is 38.5 Å². The Kier molecular flexibility index (Phi) is 16.8. The lowest BCUT2D eigenvalue weighted by molar-refractivity contribution is 0.0900. The first-order valence-electron chi connectivity index (χ1n) is 13.3. The fraction of sp³-hybridized carbons (Fsp3) is 0.400. The lowest BCUT2D eigenvalue weighted by atomic mass is 10.2. The molecule has 0 heterocycles. The van der Waals surface area contributed by atoms with Crippen LogP contribution in [0.5, 0.6) is 0 Å². The molecule has 3 rings (SSSR count). The second kappa shape index (κ2) is 20.6. The first-order valence-corrected chi connectivity index (χ1v) is 16.2. The van der Waals surface area contributed by atoms with Crippen molar-refractivity contribution in [3.05, 3.63) is 91.0 Å². The van der Waals surface area contributed by atoms with Crippen molar-refractivity contribution < 1.29 is 14.0 Å². The van der Waals surface area contributed by atoms with Gasteiger partial charge in [0.1, 0.15) is 0 Å². The molecule has 0 bridgehead atoms. The second-order valence-corrected chi connectivity index (χ2v) is 12.0. The molecule has 0 aliphatic rings. The number of thioether (sulfide) groups is 3. The van der Waals surface area contributed by atoms with Crippen molar-refractivity contribution in [1.82, 2.24) is 0 Å². The molecule has 3 aromatic rings. The summed E-state index contributed by atoms with van der Waals surface area (Å²) in [5, 5.41) is 0. The van der Waals surface area contributed by atoms with E-state index in [4.69, 9.17) is 14.0 Å². The minimum absolute atomic E-state index is 0.565. The summed E-state index contributed by atoms with van der Waals surface area (Å²) in [6, 6.07) is 31.7. The lowest BCUT2D eigenvalue weighted by Gasteiger charge is -2.15. The van der Waals surface area contributed by atoms with Crippen molar-refractivity contribution in [1.29, 1.82) is 0 Å². The van der Waals surface area contributed by atoms with E-state index in [1.807, 2.05) is 35.3 Å². The van der Waals surface area contributed by atoms with Gasteiger partial charge in [0.05, 0.1) is 0 Å². The Hall–Kier alpha value is -1.35. The van der Waals surface area contributed by atoms with Crippen molar-refractivity contribution >= 4 is 42.6 Å². The smallest absolute Gasteiger partial charge is 0.386 e. The highest BCUT2D eigenvalue weighted by Crippen LogP contribution is 2.20. The number of rotatable bonds is 21. The van der Waals surface area contributed by atoms with Gasteiger partial charge in [-0.05, 0) is 92.2 Å². The molecule has 0 saturated carbocycles. The summed E-state index contributed by atoms with van der Waals surface area (Å²) in [6.45, 7) is 1.98. The summed E-state index contributed by atoms with van der Waals surface area (Å²) in [6.07, 6.45) is 6.35. The van der Waals surface area contributed by atoms with E-state index in [0.29, 0.717) is 19.8 Å². The molecule has 198 valence electrons. The number of benzene rings is 3. The summed E-state index contributed by atoms with van der Waals surface area (Å²) in [5.41, 5.74) is 0. The summed E-state index contributed by atoms with van der Waals surface area (Å²) < 4.78 is 17.9. The van der Waals surface area contributed by atoms with Crippen LogP contribution in [0.2, 0.25) is 0 Å². The van der Waals surface area contributed by atoms with Crippen LogP contribution < -0.4 is 0 Å². The third kappa shape index (κ3) is 15.0. The van der Waals surface area contributed by atoms with Crippen LogP contribution >= 0.6 is 35.3 Å². The fourth-order valence-electron chi connectivity index (χ4n) is 3.42. The Bertz CT molecular complexity index is 797. The molecule has 0 spiro atoms. The first-order chi connectivity index (χ1) is 18.4. The number of hydrogen-bond donors (Lipinski definition) is 0. The van der Waals surface area contributed by atoms with Crippen molar-refractivity contribution in [3.63, 3.8) is 0 Å². The second-order valence-electron chi connectivity index (χ2n) is 8.51. The molecule has 7 heteroatoms. The van der Waals surface area contributed by atoms with Gasteiger partial charge in [-0.1, -0.05) is 54.6 Å². The molecular weight excluding hydrogens is 515 g/mol. The summed E-state index contributed by atoms with van der Waals surface area (Å²) in [4.78, 5) is 3.97. The van der Waals surface area contributed by atoms with Crippen LogP contribution in [0.25, 0.3) is 0 Å². The molecular formula is C30H39BO3S3. The largest absolute Gasteiger partial charge is 0.639 e. The summed E-state index contributed by atoms with van der Waals surface area (Å²) in [5.74, 6) is 3.29. The van der Waals surface area contributed by atoms with E-state index in [1.54, 1.807) is 0 Å². The predicted octanol–water partition coefficient (Wildman–Crippen LogP) is 8.74. The van der Waals surface area contributed by atoms with Crippen LogP contribution in [0.15, 0.2) is 106 Å². The average Bonchev–Trinajstić information content (AvgIpc) is 2.95. The van der Waals surface area contributed by atoms with Gasteiger partial charge in [-0.3, -0.25) is 0 Å². The van der Waals surface area contributed by atoms with E-state index < -0.39 is 7.32 Å². The van der Waals surface area contributed by atoms with Gasteiger partial charge in [0.2, 0.25) is 0 Å². The Morgan fingerprint density at radius 3 is 1.00 bits per heavy atom. The molecule has 0 fully saturated rings. The van der Waals surface area contributed by atoms with Gasteiger partial charge >= 0.3 is 7.32 Å². The molecule has 0 amide bonds. The lowest BCUT2D eigenvalue weighted by Crippen LogP contribution is -2.29. The van der Waals surface area contributed by atoms with Crippen molar-refractivity contribution in [2.24, 2.45) is 0 Å². The van der Waals surface area contributed by atoms with Gasteiger partial charge in [0.15, 0.2) is 0 Å².